The van der Waals surface area contributed by atoms with Crippen LogP contribution in [0.3, 0.4) is 0 Å². The molecule has 4 atom stereocenters. The summed E-state index contributed by atoms with van der Waals surface area (Å²) in [7, 11) is 0. The van der Waals surface area contributed by atoms with E-state index in [0.717, 1.165) is 0 Å². The van der Waals surface area contributed by atoms with Crippen molar-refractivity contribution in [3.63, 3.8) is 0 Å². The number of fused-ring (bicyclic) bond motifs is 3. The Morgan fingerprint density at radius 2 is 2.05 bits per heavy atom. The molecule has 112 valence electrons. The Balaban J connectivity index is 2.07. The highest BCUT2D eigenvalue weighted by Crippen LogP contribution is 2.55. The van der Waals surface area contributed by atoms with Gasteiger partial charge < -0.3 is 0 Å². The van der Waals surface area contributed by atoms with Gasteiger partial charge in [0, 0.05) is 39.4 Å². The van der Waals surface area contributed by atoms with Gasteiger partial charge in [-0.15, -0.1) is 5.73 Å². The summed E-state index contributed by atoms with van der Waals surface area (Å²) in [5.41, 5.74) is 2.17. The van der Waals surface area contributed by atoms with E-state index in [0.29, 0.717) is 25.7 Å². The van der Waals surface area contributed by atoms with E-state index < -0.39 is 23.6 Å². The van der Waals surface area contributed by atoms with Gasteiger partial charge in [-0.05, 0) is 43.5 Å². The highest BCUT2D eigenvalue weighted by atomic mass is 16.1. The fourth-order valence-electron chi connectivity index (χ4n) is 4.29. The Labute approximate surface area is 128 Å². The van der Waals surface area contributed by atoms with Crippen molar-refractivity contribution in [2.45, 2.75) is 51.8 Å². The van der Waals surface area contributed by atoms with Crippen LogP contribution in [0.15, 0.2) is 17.9 Å². The predicted molar refractivity (Wildman–Crippen MR) is 78.6 cm³/mol. The molecule has 21 heavy (non-hydrogen) atoms. The normalized spacial score (nSPS) is 43.9. The van der Waals surface area contributed by atoms with Crippen LogP contribution in [-0.4, -0.2) is 17.3 Å². The maximum absolute atomic E-state index is 12.6. The zero-order valence-electron chi connectivity index (χ0n) is 14.4. The standard InChI is InChI=1S/C18H22O3/c1-18-11-10-14-13(15(18)7-9-17(18)21)5-3-2-4-12(19)6-8-16(14)20/h3-4,13-15H,5-11H2,1H3/t2?,13-,14+,15+,18+/m1/s1/i5D2. The van der Waals surface area contributed by atoms with Crippen LogP contribution in [0.1, 0.15) is 54.6 Å². The van der Waals surface area contributed by atoms with Crippen molar-refractivity contribution in [1.82, 2.24) is 0 Å². The number of carbonyl (C=O) groups excluding carboxylic acids is 3. The van der Waals surface area contributed by atoms with Crippen molar-refractivity contribution >= 4 is 17.3 Å². The molecule has 2 fully saturated rings. The van der Waals surface area contributed by atoms with Gasteiger partial charge in [0.2, 0.25) is 0 Å². The van der Waals surface area contributed by atoms with E-state index in [1.54, 1.807) is 0 Å². The average Bonchev–Trinajstić information content (AvgIpc) is 2.78. The summed E-state index contributed by atoms with van der Waals surface area (Å²) in [6.07, 6.45) is 3.40. The molecular weight excluding hydrogens is 264 g/mol. The molecule has 3 heteroatoms. The van der Waals surface area contributed by atoms with Crippen LogP contribution in [-0.2, 0) is 14.4 Å². The molecule has 0 aromatic carbocycles. The highest BCUT2D eigenvalue weighted by molar-refractivity contribution is 5.94. The topological polar surface area (TPSA) is 51.2 Å². The molecule has 0 aromatic heterocycles. The molecule has 0 saturated heterocycles. The molecule has 3 aliphatic rings. The largest absolute Gasteiger partial charge is 0.299 e. The first-order chi connectivity index (χ1) is 10.8. The second kappa shape index (κ2) is 5.38. The van der Waals surface area contributed by atoms with E-state index in [1.807, 2.05) is 6.92 Å². The second-order valence-electron chi connectivity index (χ2n) is 6.71. The fraction of sp³-hybridized carbons (Fsp3) is 0.667. The Morgan fingerprint density at radius 1 is 1.24 bits per heavy atom. The van der Waals surface area contributed by atoms with Crippen LogP contribution in [0.2, 0.25) is 0 Å². The van der Waals surface area contributed by atoms with Gasteiger partial charge in [-0.3, -0.25) is 14.4 Å². The van der Waals surface area contributed by atoms with Crippen LogP contribution in [0, 0.1) is 23.2 Å². The number of Topliss-reactive ketones (excluding diaryl/α,β-unsaturated/α-hetero) is 2. The number of ketones is 3. The van der Waals surface area contributed by atoms with E-state index >= 15 is 0 Å². The minimum atomic E-state index is -1.74. The Morgan fingerprint density at radius 3 is 2.86 bits per heavy atom. The molecule has 2 saturated carbocycles. The number of hydrogen-bond acceptors (Lipinski definition) is 3. The number of allylic oxidation sites excluding steroid dienone is 1. The minimum Gasteiger partial charge on any atom is -0.299 e. The third-order valence-electron chi connectivity index (χ3n) is 5.61. The summed E-state index contributed by atoms with van der Waals surface area (Å²) in [6, 6.07) is 0. The van der Waals surface area contributed by atoms with Crippen LogP contribution in [0.25, 0.3) is 0 Å². The van der Waals surface area contributed by atoms with Crippen LogP contribution >= 0.6 is 0 Å². The van der Waals surface area contributed by atoms with E-state index in [2.05, 4.69) is 5.73 Å². The smallest absolute Gasteiger partial charge is 0.163 e. The molecule has 0 amide bonds. The van der Waals surface area contributed by atoms with Gasteiger partial charge >= 0.3 is 0 Å². The van der Waals surface area contributed by atoms with Crippen LogP contribution in [0.4, 0.5) is 0 Å². The van der Waals surface area contributed by atoms with Gasteiger partial charge in [0.25, 0.3) is 0 Å². The Bertz CT molecular complexity index is 630. The van der Waals surface area contributed by atoms with Gasteiger partial charge in [-0.2, -0.15) is 0 Å². The summed E-state index contributed by atoms with van der Waals surface area (Å²) in [5, 5.41) is 0. The zero-order chi connectivity index (χ0) is 16.8. The average molecular weight is 288 g/mol. The Kier molecular flexibility index (Phi) is 3.10. The Hall–Kier alpha value is -1.47. The first-order valence-electron chi connectivity index (χ1n) is 8.78. The summed E-state index contributed by atoms with van der Waals surface area (Å²) < 4.78 is 16.9. The highest BCUT2D eigenvalue weighted by Gasteiger charge is 2.54. The van der Waals surface area contributed by atoms with Gasteiger partial charge in [-0.1, -0.05) is 6.92 Å². The van der Waals surface area contributed by atoms with Crippen molar-refractivity contribution in [3.8, 4) is 0 Å². The number of rotatable bonds is 0. The molecule has 0 unspecified atom stereocenters. The first-order valence-corrected chi connectivity index (χ1v) is 7.78. The lowest BCUT2D eigenvalue weighted by molar-refractivity contribution is -0.136. The molecule has 0 aromatic rings. The first kappa shape index (κ1) is 12.1. The molecule has 0 bridgehead atoms. The number of hydrogen-bond donors (Lipinski definition) is 0. The summed E-state index contributed by atoms with van der Waals surface area (Å²) in [5.74, 6) is -1.04. The molecular formula is C18H22O3. The van der Waals surface area contributed by atoms with Gasteiger partial charge in [0.1, 0.15) is 11.6 Å². The maximum Gasteiger partial charge on any atom is 0.163 e. The van der Waals surface area contributed by atoms with E-state index in [1.165, 1.54) is 12.2 Å². The molecule has 0 aliphatic heterocycles. The maximum atomic E-state index is 12.6. The SMILES string of the molecule is [2H]C1([2H])C=C=CC(=O)CCC(=O)[C@H]2CC[C@]3(C)C(=O)CC[C@H]3[C@@H]21. The van der Waals surface area contributed by atoms with Gasteiger partial charge in [0.15, 0.2) is 5.78 Å². The summed E-state index contributed by atoms with van der Waals surface area (Å²) in [6.45, 7) is 1.94. The second-order valence-corrected chi connectivity index (χ2v) is 6.71. The lowest BCUT2D eigenvalue weighted by atomic mass is 9.58. The summed E-state index contributed by atoms with van der Waals surface area (Å²) >= 11 is 0. The minimum absolute atomic E-state index is 0.0303. The van der Waals surface area contributed by atoms with E-state index in [4.69, 9.17) is 2.74 Å². The molecule has 0 heterocycles. The number of carbonyl (C=O) groups is 3. The van der Waals surface area contributed by atoms with E-state index in [9.17, 15) is 14.4 Å². The third-order valence-corrected chi connectivity index (χ3v) is 5.61. The lowest BCUT2D eigenvalue weighted by Gasteiger charge is -2.44. The van der Waals surface area contributed by atoms with Crippen molar-refractivity contribution in [1.29, 1.82) is 0 Å². The monoisotopic (exact) mass is 288 g/mol. The molecule has 3 nitrogen and oxygen atoms in total. The summed E-state index contributed by atoms with van der Waals surface area (Å²) in [4.78, 5) is 36.6. The third kappa shape index (κ3) is 2.44. The lowest BCUT2D eigenvalue weighted by Crippen LogP contribution is -2.44. The van der Waals surface area contributed by atoms with Crippen LogP contribution in [0.5, 0.6) is 0 Å². The quantitative estimate of drug-likeness (QED) is 0.644. The van der Waals surface area contributed by atoms with Crippen molar-refractivity contribution in [2.75, 3.05) is 0 Å². The molecule has 0 radical (unpaired) electrons. The van der Waals surface area contributed by atoms with Crippen molar-refractivity contribution in [3.05, 3.63) is 17.9 Å². The zero-order valence-corrected chi connectivity index (χ0v) is 12.4. The van der Waals surface area contributed by atoms with Crippen molar-refractivity contribution < 1.29 is 17.1 Å². The van der Waals surface area contributed by atoms with E-state index in [-0.39, 0.29) is 36.1 Å². The van der Waals surface area contributed by atoms with Crippen LogP contribution < -0.4 is 0 Å². The van der Waals surface area contributed by atoms with Gasteiger partial charge in [-0.25, -0.2) is 0 Å². The molecule has 0 N–H and O–H groups in total. The molecule has 0 spiro atoms. The molecule has 3 aliphatic carbocycles. The predicted octanol–water partition coefficient (Wildman–Crippen LogP) is 3.03. The van der Waals surface area contributed by atoms with Crippen molar-refractivity contribution in [2.24, 2.45) is 23.2 Å². The molecule has 3 rings (SSSR count). The van der Waals surface area contributed by atoms with Gasteiger partial charge in [0.05, 0.1) is 0 Å². The fourth-order valence-corrected chi connectivity index (χ4v) is 4.29.